The first-order chi connectivity index (χ1) is 7.92. The number of nitrogens with one attached hydrogen (secondary N) is 1. The normalized spacial score (nSPS) is 15.8. The fourth-order valence-corrected chi connectivity index (χ4v) is 2.72. The first-order valence-electron chi connectivity index (χ1n) is 5.82. The maximum atomic E-state index is 3.59. The molecular weight excluding hydrogens is 214 g/mol. The van der Waals surface area contributed by atoms with E-state index in [-0.39, 0.29) is 0 Å². The van der Waals surface area contributed by atoms with Crippen molar-refractivity contribution in [3.05, 3.63) is 41.8 Å². The third kappa shape index (κ3) is 1.98. The van der Waals surface area contributed by atoms with Gasteiger partial charge in [0.2, 0.25) is 0 Å². The van der Waals surface area contributed by atoms with Crippen molar-refractivity contribution in [3.63, 3.8) is 0 Å². The van der Waals surface area contributed by atoms with E-state index in [2.05, 4.69) is 47.1 Å². The first-order valence-corrected chi connectivity index (χ1v) is 6.70. The molecule has 16 heavy (non-hydrogen) atoms. The van der Waals surface area contributed by atoms with Crippen molar-refractivity contribution in [3.8, 4) is 10.4 Å². The second-order valence-corrected chi connectivity index (χ2v) is 5.28. The number of rotatable bonds is 3. The van der Waals surface area contributed by atoms with Crippen molar-refractivity contribution in [2.75, 3.05) is 5.32 Å². The molecule has 1 aliphatic rings. The smallest absolute Gasteiger partial charge is 0.0348 e. The van der Waals surface area contributed by atoms with Gasteiger partial charge in [0.25, 0.3) is 0 Å². The molecule has 1 fully saturated rings. The van der Waals surface area contributed by atoms with Gasteiger partial charge in [0.1, 0.15) is 0 Å². The first kappa shape index (κ1) is 9.91. The molecule has 0 spiro atoms. The van der Waals surface area contributed by atoms with E-state index in [0.717, 1.165) is 0 Å². The topological polar surface area (TPSA) is 12.0 Å². The van der Waals surface area contributed by atoms with Gasteiger partial charge in [-0.2, -0.15) is 0 Å². The lowest BCUT2D eigenvalue weighted by molar-refractivity contribution is 0.445. The van der Waals surface area contributed by atoms with E-state index in [4.69, 9.17) is 0 Å². The molecule has 0 atom stereocenters. The molecule has 1 aromatic carbocycles. The Kier molecular flexibility index (Phi) is 2.66. The van der Waals surface area contributed by atoms with E-state index in [1.165, 1.54) is 35.4 Å². The standard InChI is InChI=1S/C14H15NS/c1-4-11(14-8-3-9-16-14)10-13(7-1)15-12-5-2-6-12/h1,3-4,7-10,12,15H,2,5-6H2. The predicted molar refractivity (Wildman–Crippen MR) is 71.0 cm³/mol. The van der Waals surface area contributed by atoms with Crippen LogP contribution in [0.1, 0.15) is 19.3 Å². The minimum Gasteiger partial charge on any atom is -0.382 e. The third-order valence-corrected chi connectivity index (χ3v) is 4.06. The van der Waals surface area contributed by atoms with Crippen molar-refractivity contribution < 1.29 is 0 Å². The van der Waals surface area contributed by atoms with E-state index in [0.29, 0.717) is 6.04 Å². The van der Waals surface area contributed by atoms with E-state index >= 15 is 0 Å². The molecule has 0 radical (unpaired) electrons. The fraction of sp³-hybridized carbons (Fsp3) is 0.286. The Labute approximate surface area is 100 Å². The molecule has 0 amide bonds. The zero-order chi connectivity index (χ0) is 10.8. The lowest BCUT2D eigenvalue weighted by atomic mass is 9.93. The molecule has 1 aromatic heterocycles. The molecule has 2 aromatic rings. The van der Waals surface area contributed by atoms with E-state index in [1.54, 1.807) is 11.3 Å². The van der Waals surface area contributed by atoms with Gasteiger partial charge in [-0.1, -0.05) is 18.2 Å². The van der Waals surface area contributed by atoms with Crippen LogP contribution in [0.3, 0.4) is 0 Å². The second-order valence-electron chi connectivity index (χ2n) is 4.33. The van der Waals surface area contributed by atoms with Crippen LogP contribution in [0.5, 0.6) is 0 Å². The number of thiophene rings is 1. The highest BCUT2D eigenvalue weighted by atomic mass is 32.1. The molecule has 82 valence electrons. The fourth-order valence-electron chi connectivity index (χ4n) is 1.99. The van der Waals surface area contributed by atoms with Crippen LogP contribution in [0, 0.1) is 0 Å². The highest BCUT2D eigenvalue weighted by Crippen LogP contribution is 2.29. The predicted octanol–water partition coefficient (Wildman–Crippen LogP) is 4.38. The van der Waals surface area contributed by atoms with Crippen molar-refractivity contribution in [1.82, 2.24) is 0 Å². The molecule has 0 aliphatic heterocycles. The second kappa shape index (κ2) is 4.30. The number of anilines is 1. The van der Waals surface area contributed by atoms with Crippen LogP contribution in [0.2, 0.25) is 0 Å². The third-order valence-electron chi connectivity index (χ3n) is 3.14. The Balaban J connectivity index is 1.82. The highest BCUT2D eigenvalue weighted by molar-refractivity contribution is 7.13. The average Bonchev–Trinajstić information content (AvgIpc) is 2.77. The minimum atomic E-state index is 0.707. The summed E-state index contributed by atoms with van der Waals surface area (Å²) in [6.07, 6.45) is 4.02. The van der Waals surface area contributed by atoms with Gasteiger partial charge >= 0.3 is 0 Å². The Morgan fingerprint density at radius 3 is 2.75 bits per heavy atom. The van der Waals surface area contributed by atoms with Crippen molar-refractivity contribution >= 4 is 17.0 Å². The Bertz CT molecular complexity index is 457. The molecule has 0 bridgehead atoms. The summed E-state index contributed by atoms with van der Waals surface area (Å²) in [5.74, 6) is 0. The monoisotopic (exact) mass is 229 g/mol. The van der Waals surface area contributed by atoms with Crippen molar-refractivity contribution in [2.45, 2.75) is 25.3 Å². The molecule has 1 saturated carbocycles. The molecule has 3 rings (SSSR count). The van der Waals surface area contributed by atoms with E-state index < -0.39 is 0 Å². The van der Waals surface area contributed by atoms with Gasteiger partial charge in [0.05, 0.1) is 0 Å². The molecule has 1 nitrogen and oxygen atoms in total. The van der Waals surface area contributed by atoms with Gasteiger partial charge in [-0.3, -0.25) is 0 Å². The molecule has 0 unspecified atom stereocenters. The highest BCUT2D eigenvalue weighted by Gasteiger charge is 2.16. The van der Waals surface area contributed by atoms with Crippen molar-refractivity contribution in [2.24, 2.45) is 0 Å². The van der Waals surface area contributed by atoms with Gasteiger partial charge in [-0.25, -0.2) is 0 Å². The molecular formula is C14H15NS. The van der Waals surface area contributed by atoms with Crippen LogP contribution >= 0.6 is 11.3 Å². The average molecular weight is 229 g/mol. The summed E-state index contributed by atoms with van der Waals surface area (Å²) < 4.78 is 0. The van der Waals surface area contributed by atoms with Gasteiger partial charge in [0, 0.05) is 16.6 Å². The molecule has 0 saturated heterocycles. The van der Waals surface area contributed by atoms with Gasteiger partial charge in [0.15, 0.2) is 0 Å². The van der Waals surface area contributed by atoms with Crippen LogP contribution < -0.4 is 5.32 Å². The summed E-state index contributed by atoms with van der Waals surface area (Å²) in [4.78, 5) is 1.34. The molecule has 2 heteroatoms. The molecule has 1 aliphatic carbocycles. The van der Waals surface area contributed by atoms with E-state index in [9.17, 15) is 0 Å². The summed E-state index contributed by atoms with van der Waals surface area (Å²) in [5, 5.41) is 5.71. The van der Waals surface area contributed by atoms with Crippen LogP contribution in [-0.2, 0) is 0 Å². The zero-order valence-corrected chi connectivity index (χ0v) is 9.96. The SMILES string of the molecule is c1cc(NC2CCC2)cc(-c2cccs2)c1. The lowest BCUT2D eigenvalue weighted by Crippen LogP contribution is -2.26. The van der Waals surface area contributed by atoms with Crippen LogP contribution in [-0.4, -0.2) is 6.04 Å². The number of benzene rings is 1. The summed E-state index contributed by atoms with van der Waals surface area (Å²) >= 11 is 1.80. The van der Waals surface area contributed by atoms with Gasteiger partial charge in [-0.05, 0) is 48.4 Å². The van der Waals surface area contributed by atoms with Crippen LogP contribution in [0.25, 0.3) is 10.4 Å². The van der Waals surface area contributed by atoms with Gasteiger partial charge in [-0.15, -0.1) is 11.3 Å². The quantitative estimate of drug-likeness (QED) is 0.823. The van der Waals surface area contributed by atoms with Crippen LogP contribution in [0.4, 0.5) is 5.69 Å². The Morgan fingerprint density at radius 2 is 2.06 bits per heavy atom. The van der Waals surface area contributed by atoms with E-state index in [1.807, 2.05) is 0 Å². The summed E-state index contributed by atoms with van der Waals surface area (Å²) in [5.41, 5.74) is 2.58. The minimum absolute atomic E-state index is 0.707. The Hall–Kier alpha value is -1.28. The summed E-state index contributed by atoms with van der Waals surface area (Å²) in [6, 6.07) is 13.7. The molecule has 1 N–H and O–H groups in total. The number of hydrogen-bond donors (Lipinski definition) is 1. The largest absolute Gasteiger partial charge is 0.382 e. The Morgan fingerprint density at radius 1 is 1.12 bits per heavy atom. The summed E-state index contributed by atoms with van der Waals surface area (Å²) in [7, 11) is 0. The molecule has 1 heterocycles. The zero-order valence-electron chi connectivity index (χ0n) is 9.15. The maximum Gasteiger partial charge on any atom is 0.0348 e. The summed E-state index contributed by atoms with van der Waals surface area (Å²) in [6.45, 7) is 0. The lowest BCUT2D eigenvalue weighted by Gasteiger charge is -2.27. The van der Waals surface area contributed by atoms with Crippen molar-refractivity contribution in [1.29, 1.82) is 0 Å². The van der Waals surface area contributed by atoms with Crippen LogP contribution in [0.15, 0.2) is 41.8 Å². The maximum absolute atomic E-state index is 3.59. The number of hydrogen-bond acceptors (Lipinski definition) is 2. The van der Waals surface area contributed by atoms with Gasteiger partial charge < -0.3 is 5.32 Å².